The van der Waals surface area contributed by atoms with Crippen LogP contribution in [0.15, 0.2) is 53.9 Å². The van der Waals surface area contributed by atoms with Gasteiger partial charge in [-0.3, -0.25) is 9.59 Å². The van der Waals surface area contributed by atoms with Crippen molar-refractivity contribution in [1.29, 1.82) is 0 Å². The quantitative estimate of drug-likeness (QED) is 0.569. The molecule has 3 N–H and O–H groups in total. The Labute approximate surface area is 192 Å². The molecule has 2 heterocycles. The van der Waals surface area contributed by atoms with Crippen LogP contribution in [0.25, 0.3) is 10.6 Å². The van der Waals surface area contributed by atoms with Gasteiger partial charge in [0, 0.05) is 40.4 Å². The van der Waals surface area contributed by atoms with Crippen LogP contribution in [0.4, 0.5) is 5.69 Å². The van der Waals surface area contributed by atoms with Gasteiger partial charge in [0.25, 0.3) is 5.91 Å². The van der Waals surface area contributed by atoms with Gasteiger partial charge in [-0.25, -0.2) is 4.98 Å². The fourth-order valence-electron chi connectivity index (χ4n) is 3.94. The number of primary amides is 1. The molecule has 1 aliphatic rings. The summed E-state index contributed by atoms with van der Waals surface area (Å²) in [5.41, 5.74) is 10.0. The van der Waals surface area contributed by atoms with E-state index in [0.717, 1.165) is 60.8 Å². The molecule has 0 aliphatic carbocycles. The van der Waals surface area contributed by atoms with E-state index in [1.54, 1.807) is 11.3 Å². The standard InChI is InChI=1S/C25H28N4O2S/c1-17-16-32-25(27-17)21-6-4-20(5-7-21)24(31)28-22-8-2-18(3-9-22)10-13-29-14-11-19(12-15-29)23(26)30/h2-9,16,19H,10-15H2,1H3,(H2,26,30)(H,28,31). The summed E-state index contributed by atoms with van der Waals surface area (Å²) in [4.78, 5) is 30.7. The summed E-state index contributed by atoms with van der Waals surface area (Å²) in [6.45, 7) is 4.77. The molecule has 0 spiro atoms. The normalized spacial score (nSPS) is 14.9. The first kappa shape index (κ1) is 22.2. The maximum Gasteiger partial charge on any atom is 0.255 e. The summed E-state index contributed by atoms with van der Waals surface area (Å²) in [7, 11) is 0. The maximum absolute atomic E-state index is 12.6. The number of hydrogen-bond donors (Lipinski definition) is 2. The number of anilines is 1. The summed E-state index contributed by atoms with van der Waals surface area (Å²) in [5, 5.41) is 5.94. The summed E-state index contributed by atoms with van der Waals surface area (Å²) >= 11 is 1.60. The van der Waals surface area contributed by atoms with Crippen molar-refractivity contribution < 1.29 is 9.59 Å². The molecule has 0 radical (unpaired) electrons. The molecule has 2 aromatic carbocycles. The topological polar surface area (TPSA) is 88.3 Å². The van der Waals surface area contributed by atoms with Crippen LogP contribution < -0.4 is 11.1 Å². The van der Waals surface area contributed by atoms with Crippen LogP contribution >= 0.6 is 11.3 Å². The third-order valence-electron chi connectivity index (χ3n) is 5.93. The number of carbonyl (C=O) groups is 2. The molecule has 166 valence electrons. The number of aromatic nitrogens is 1. The van der Waals surface area contributed by atoms with Gasteiger partial charge in [0.05, 0.1) is 0 Å². The van der Waals surface area contributed by atoms with E-state index >= 15 is 0 Å². The second kappa shape index (κ2) is 10.1. The van der Waals surface area contributed by atoms with E-state index in [1.165, 1.54) is 5.56 Å². The van der Waals surface area contributed by atoms with Gasteiger partial charge in [-0.2, -0.15) is 0 Å². The zero-order valence-electron chi connectivity index (χ0n) is 18.2. The number of rotatable bonds is 7. The van der Waals surface area contributed by atoms with E-state index in [9.17, 15) is 9.59 Å². The zero-order chi connectivity index (χ0) is 22.5. The predicted molar refractivity (Wildman–Crippen MR) is 129 cm³/mol. The minimum Gasteiger partial charge on any atom is -0.369 e. The molecule has 4 rings (SSSR count). The molecule has 6 nitrogen and oxygen atoms in total. The second-order valence-corrected chi connectivity index (χ2v) is 9.15. The van der Waals surface area contributed by atoms with Crippen molar-refractivity contribution in [1.82, 2.24) is 9.88 Å². The molecule has 2 amide bonds. The Kier molecular flexibility index (Phi) is 6.97. The van der Waals surface area contributed by atoms with E-state index in [4.69, 9.17) is 5.73 Å². The van der Waals surface area contributed by atoms with Crippen LogP contribution in [0.1, 0.15) is 34.5 Å². The van der Waals surface area contributed by atoms with Gasteiger partial charge in [0.2, 0.25) is 5.91 Å². The van der Waals surface area contributed by atoms with Gasteiger partial charge < -0.3 is 16.0 Å². The van der Waals surface area contributed by atoms with Crippen molar-refractivity contribution in [2.45, 2.75) is 26.2 Å². The average molecular weight is 449 g/mol. The Hall–Kier alpha value is -3.03. The SMILES string of the molecule is Cc1csc(-c2ccc(C(=O)Nc3ccc(CCN4CCC(C(N)=O)CC4)cc3)cc2)n1. The Balaban J connectivity index is 1.27. The number of nitrogens with zero attached hydrogens (tertiary/aromatic N) is 2. The fourth-order valence-corrected chi connectivity index (χ4v) is 4.74. The first-order chi connectivity index (χ1) is 15.5. The van der Waals surface area contributed by atoms with Gasteiger partial charge >= 0.3 is 0 Å². The molecule has 32 heavy (non-hydrogen) atoms. The van der Waals surface area contributed by atoms with Crippen molar-refractivity contribution in [3.63, 3.8) is 0 Å². The molecule has 1 fully saturated rings. The first-order valence-corrected chi connectivity index (χ1v) is 11.8. The van der Waals surface area contributed by atoms with Crippen molar-refractivity contribution in [3.8, 4) is 10.6 Å². The number of piperidine rings is 1. The van der Waals surface area contributed by atoms with E-state index in [0.29, 0.717) is 5.56 Å². The zero-order valence-corrected chi connectivity index (χ0v) is 19.0. The Morgan fingerprint density at radius 2 is 1.78 bits per heavy atom. The molecule has 0 unspecified atom stereocenters. The lowest BCUT2D eigenvalue weighted by molar-refractivity contribution is -0.123. The summed E-state index contributed by atoms with van der Waals surface area (Å²) in [6, 6.07) is 15.5. The Morgan fingerprint density at radius 1 is 1.09 bits per heavy atom. The maximum atomic E-state index is 12.6. The van der Waals surface area contributed by atoms with Gasteiger partial charge in [0.15, 0.2) is 0 Å². The van der Waals surface area contributed by atoms with Gasteiger partial charge in [-0.1, -0.05) is 24.3 Å². The number of nitrogens with two attached hydrogens (primary N) is 1. The van der Waals surface area contributed by atoms with Crippen molar-refractivity contribution in [2.75, 3.05) is 25.0 Å². The number of carbonyl (C=O) groups excluding carboxylic acids is 2. The fraction of sp³-hybridized carbons (Fsp3) is 0.320. The summed E-state index contributed by atoms with van der Waals surface area (Å²) < 4.78 is 0. The predicted octanol–water partition coefficient (Wildman–Crippen LogP) is 4.11. The molecular formula is C25H28N4O2S. The average Bonchev–Trinajstić information content (AvgIpc) is 3.25. The lowest BCUT2D eigenvalue weighted by Crippen LogP contribution is -2.39. The van der Waals surface area contributed by atoms with Crippen LogP contribution in [0.3, 0.4) is 0 Å². The first-order valence-electron chi connectivity index (χ1n) is 10.9. The highest BCUT2D eigenvalue weighted by Gasteiger charge is 2.22. The number of amides is 2. The minimum absolute atomic E-state index is 0.0295. The highest BCUT2D eigenvalue weighted by molar-refractivity contribution is 7.13. The van der Waals surface area contributed by atoms with Crippen molar-refractivity contribution in [3.05, 3.63) is 70.7 Å². The van der Waals surface area contributed by atoms with E-state index in [-0.39, 0.29) is 17.7 Å². The van der Waals surface area contributed by atoms with Crippen LogP contribution in [-0.2, 0) is 11.2 Å². The number of likely N-dealkylation sites (tertiary alicyclic amines) is 1. The molecule has 1 saturated heterocycles. The van der Waals surface area contributed by atoms with E-state index < -0.39 is 0 Å². The van der Waals surface area contributed by atoms with E-state index in [1.807, 2.05) is 48.7 Å². The monoisotopic (exact) mass is 448 g/mol. The number of hydrogen-bond acceptors (Lipinski definition) is 5. The summed E-state index contributed by atoms with van der Waals surface area (Å²) in [6.07, 6.45) is 2.64. The molecule has 0 saturated carbocycles. The molecule has 0 atom stereocenters. The molecule has 7 heteroatoms. The molecule has 1 aliphatic heterocycles. The molecular weight excluding hydrogens is 420 g/mol. The van der Waals surface area contributed by atoms with Crippen LogP contribution in [0, 0.1) is 12.8 Å². The van der Waals surface area contributed by atoms with Gasteiger partial charge in [-0.05, 0) is 69.1 Å². The largest absolute Gasteiger partial charge is 0.369 e. The summed E-state index contributed by atoms with van der Waals surface area (Å²) in [5.74, 6) is -0.272. The van der Waals surface area contributed by atoms with Crippen molar-refractivity contribution in [2.24, 2.45) is 11.7 Å². The third kappa shape index (κ3) is 5.60. The Bertz CT molecular complexity index is 1070. The van der Waals surface area contributed by atoms with Crippen LogP contribution in [0.2, 0.25) is 0 Å². The number of aryl methyl sites for hydroxylation is 1. The van der Waals surface area contributed by atoms with Crippen LogP contribution in [-0.4, -0.2) is 41.3 Å². The smallest absolute Gasteiger partial charge is 0.255 e. The number of thiazole rings is 1. The lowest BCUT2D eigenvalue weighted by Gasteiger charge is -2.30. The lowest BCUT2D eigenvalue weighted by atomic mass is 9.96. The van der Waals surface area contributed by atoms with Crippen LogP contribution in [0.5, 0.6) is 0 Å². The molecule has 0 bridgehead atoms. The van der Waals surface area contributed by atoms with Crippen molar-refractivity contribution >= 4 is 28.8 Å². The molecule has 1 aromatic heterocycles. The van der Waals surface area contributed by atoms with Gasteiger partial charge in [0.1, 0.15) is 5.01 Å². The highest BCUT2D eigenvalue weighted by Crippen LogP contribution is 2.24. The molecule has 3 aromatic rings. The minimum atomic E-state index is -0.173. The number of nitrogens with one attached hydrogen (secondary N) is 1. The third-order valence-corrected chi connectivity index (χ3v) is 6.94. The highest BCUT2D eigenvalue weighted by atomic mass is 32.1. The number of benzene rings is 2. The Morgan fingerprint density at radius 3 is 2.38 bits per heavy atom. The second-order valence-electron chi connectivity index (χ2n) is 8.29. The van der Waals surface area contributed by atoms with E-state index in [2.05, 4.69) is 27.3 Å². The van der Waals surface area contributed by atoms with Gasteiger partial charge in [-0.15, -0.1) is 11.3 Å².